The first-order valence-corrected chi connectivity index (χ1v) is 7.57. The molecule has 1 aromatic carbocycles. The molecule has 2 bridgehead atoms. The number of benzene rings is 1. The van der Waals surface area contributed by atoms with E-state index in [1.807, 2.05) is 6.07 Å². The number of nitrogens with one attached hydrogen (secondary N) is 1. The molecule has 21 heavy (non-hydrogen) atoms. The lowest BCUT2D eigenvalue weighted by molar-refractivity contribution is -0.122. The second kappa shape index (κ2) is 4.56. The van der Waals surface area contributed by atoms with Crippen LogP contribution < -0.4 is 10.2 Å². The molecule has 0 spiro atoms. The van der Waals surface area contributed by atoms with E-state index in [1.54, 1.807) is 17.0 Å². The first-order chi connectivity index (χ1) is 10.1. The zero-order valence-electron chi connectivity index (χ0n) is 11.7. The van der Waals surface area contributed by atoms with Crippen molar-refractivity contribution in [1.29, 1.82) is 0 Å². The molecule has 2 saturated heterocycles. The standard InChI is InChI=1S/C16H18N2O3/c19-15(12-8-11-3-4-13(12)17-11)18-6-5-9-1-2-10(16(20)21)7-14(9)18/h1-2,7,11-13,17H,3-6,8H2,(H,20,21). The molecule has 5 nitrogen and oxygen atoms in total. The van der Waals surface area contributed by atoms with Crippen LogP contribution in [-0.4, -0.2) is 35.6 Å². The summed E-state index contributed by atoms with van der Waals surface area (Å²) in [5, 5.41) is 12.6. The Hall–Kier alpha value is -1.88. The van der Waals surface area contributed by atoms with Gasteiger partial charge in [-0.05, 0) is 43.4 Å². The van der Waals surface area contributed by atoms with E-state index in [-0.39, 0.29) is 17.4 Å². The molecule has 3 atom stereocenters. The van der Waals surface area contributed by atoms with Crippen LogP contribution in [-0.2, 0) is 11.2 Å². The summed E-state index contributed by atoms with van der Waals surface area (Å²) in [7, 11) is 0. The molecule has 1 amide bonds. The summed E-state index contributed by atoms with van der Waals surface area (Å²) in [6.07, 6.45) is 3.99. The number of anilines is 1. The number of hydrogen-bond donors (Lipinski definition) is 2. The van der Waals surface area contributed by atoms with Crippen molar-refractivity contribution in [1.82, 2.24) is 5.32 Å². The average Bonchev–Trinajstić information content (AvgIpc) is 3.20. The van der Waals surface area contributed by atoms with Crippen molar-refractivity contribution in [3.63, 3.8) is 0 Å². The molecule has 4 rings (SSSR count). The summed E-state index contributed by atoms with van der Waals surface area (Å²) in [6.45, 7) is 0.672. The van der Waals surface area contributed by atoms with Crippen LogP contribution in [0.15, 0.2) is 18.2 Å². The van der Waals surface area contributed by atoms with E-state index < -0.39 is 5.97 Å². The fraction of sp³-hybridized carbons (Fsp3) is 0.500. The largest absolute Gasteiger partial charge is 0.478 e. The van der Waals surface area contributed by atoms with Crippen molar-refractivity contribution in [2.24, 2.45) is 5.92 Å². The lowest BCUT2D eigenvalue weighted by atomic mass is 9.88. The molecular formula is C16H18N2O3. The molecule has 3 aliphatic rings. The highest BCUT2D eigenvalue weighted by molar-refractivity contribution is 5.99. The van der Waals surface area contributed by atoms with Gasteiger partial charge in [-0.25, -0.2) is 4.79 Å². The molecule has 3 heterocycles. The zero-order valence-corrected chi connectivity index (χ0v) is 11.7. The smallest absolute Gasteiger partial charge is 0.335 e. The Bertz CT molecular complexity index is 628. The van der Waals surface area contributed by atoms with Crippen LogP contribution in [0.25, 0.3) is 0 Å². The molecule has 5 heteroatoms. The maximum Gasteiger partial charge on any atom is 0.335 e. The second-order valence-electron chi connectivity index (χ2n) is 6.28. The van der Waals surface area contributed by atoms with Gasteiger partial charge in [0.25, 0.3) is 0 Å². The van der Waals surface area contributed by atoms with Crippen molar-refractivity contribution >= 4 is 17.6 Å². The normalized spacial score (nSPS) is 29.7. The minimum Gasteiger partial charge on any atom is -0.478 e. The number of aromatic carboxylic acids is 1. The van der Waals surface area contributed by atoms with Crippen molar-refractivity contribution in [2.45, 2.75) is 37.8 Å². The third-order valence-electron chi connectivity index (χ3n) is 5.11. The van der Waals surface area contributed by atoms with Crippen LogP contribution in [0.2, 0.25) is 0 Å². The van der Waals surface area contributed by atoms with Gasteiger partial charge in [0.1, 0.15) is 0 Å². The molecular weight excluding hydrogens is 268 g/mol. The van der Waals surface area contributed by atoms with E-state index in [1.165, 1.54) is 6.42 Å². The summed E-state index contributed by atoms with van der Waals surface area (Å²) in [6, 6.07) is 5.91. The molecule has 110 valence electrons. The van der Waals surface area contributed by atoms with E-state index in [2.05, 4.69) is 5.32 Å². The van der Waals surface area contributed by atoms with E-state index in [0.29, 0.717) is 18.6 Å². The van der Waals surface area contributed by atoms with Crippen molar-refractivity contribution in [3.05, 3.63) is 29.3 Å². The van der Waals surface area contributed by atoms with Gasteiger partial charge >= 0.3 is 5.97 Å². The lowest BCUT2D eigenvalue weighted by Crippen LogP contribution is -2.40. The van der Waals surface area contributed by atoms with Crippen LogP contribution in [0.5, 0.6) is 0 Å². The van der Waals surface area contributed by atoms with Crippen LogP contribution in [0, 0.1) is 5.92 Å². The second-order valence-corrected chi connectivity index (χ2v) is 6.28. The number of carbonyl (C=O) groups excluding carboxylic acids is 1. The molecule has 0 saturated carbocycles. The molecule has 3 unspecified atom stereocenters. The van der Waals surface area contributed by atoms with Gasteiger partial charge in [0.05, 0.1) is 11.5 Å². The monoisotopic (exact) mass is 286 g/mol. The number of carboxylic acids is 1. The number of amides is 1. The van der Waals surface area contributed by atoms with Gasteiger partial charge in [0.2, 0.25) is 5.91 Å². The van der Waals surface area contributed by atoms with E-state index >= 15 is 0 Å². The molecule has 2 N–H and O–H groups in total. The summed E-state index contributed by atoms with van der Waals surface area (Å²) in [5.74, 6) is -0.724. The van der Waals surface area contributed by atoms with E-state index in [9.17, 15) is 9.59 Å². The first kappa shape index (κ1) is 12.8. The summed E-state index contributed by atoms with van der Waals surface area (Å²) in [5.41, 5.74) is 2.12. The van der Waals surface area contributed by atoms with E-state index in [4.69, 9.17) is 5.11 Å². The molecule has 0 aliphatic carbocycles. The maximum atomic E-state index is 12.8. The third kappa shape index (κ3) is 1.95. The Morgan fingerprint density at radius 1 is 1.29 bits per heavy atom. The minimum atomic E-state index is -0.946. The SMILES string of the molecule is O=C(O)c1ccc2c(c1)N(C(=O)C1CC3CCC1N3)CC2. The molecule has 0 aromatic heterocycles. The predicted octanol–water partition coefficient (Wildman–Crippen LogP) is 1.41. The number of nitrogens with zero attached hydrogens (tertiary/aromatic N) is 1. The van der Waals surface area contributed by atoms with Crippen LogP contribution in [0.1, 0.15) is 35.2 Å². The van der Waals surface area contributed by atoms with Gasteiger partial charge in [0, 0.05) is 24.3 Å². The Labute approximate surface area is 122 Å². The highest BCUT2D eigenvalue weighted by atomic mass is 16.4. The summed E-state index contributed by atoms with van der Waals surface area (Å²) in [4.78, 5) is 25.7. The minimum absolute atomic E-state index is 0.0585. The van der Waals surface area contributed by atoms with Gasteiger partial charge in [-0.2, -0.15) is 0 Å². The van der Waals surface area contributed by atoms with Gasteiger partial charge in [-0.15, -0.1) is 0 Å². The third-order valence-corrected chi connectivity index (χ3v) is 5.11. The highest BCUT2D eigenvalue weighted by Crippen LogP contribution is 2.37. The molecule has 3 aliphatic heterocycles. The lowest BCUT2D eigenvalue weighted by Gasteiger charge is -2.26. The average molecular weight is 286 g/mol. The number of rotatable bonds is 2. The van der Waals surface area contributed by atoms with Gasteiger partial charge < -0.3 is 15.3 Å². The molecule has 2 fully saturated rings. The number of fused-ring (bicyclic) bond motifs is 3. The van der Waals surface area contributed by atoms with Gasteiger partial charge in [-0.1, -0.05) is 6.07 Å². The first-order valence-electron chi connectivity index (χ1n) is 7.57. The van der Waals surface area contributed by atoms with Gasteiger partial charge in [0.15, 0.2) is 0 Å². The summed E-state index contributed by atoms with van der Waals surface area (Å²) < 4.78 is 0. The Morgan fingerprint density at radius 2 is 2.14 bits per heavy atom. The van der Waals surface area contributed by atoms with Crippen LogP contribution in [0.3, 0.4) is 0 Å². The van der Waals surface area contributed by atoms with Crippen molar-refractivity contribution in [3.8, 4) is 0 Å². The number of carboxylic acid groups (broad SMARTS) is 1. The van der Waals surface area contributed by atoms with Crippen LogP contribution >= 0.6 is 0 Å². The zero-order chi connectivity index (χ0) is 14.6. The highest BCUT2D eigenvalue weighted by Gasteiger charge is 2.45. The van der Waals surface area contributed by atoms with Crippen molar-refractivity contribution < 1.29 is 14.7 Å². The predicted molar refractivity (Wildman–Crippen MR) is 77.5 cm³/mol. The Kier molecular flexibility index (Phi) is 2.79. The Balaban J connectivity index is 1.62. The molecule has 1 aromatic rings. The Morgan fingerprint density at radius 3 is 2.81 bits per heavy atom. The fourth-order valence-corrected chi connectivity index (χ4v) is 4.04. The number of carbonyl (C=O) groups is 2. The fourth-order valence-electron chi connectivity index (χ4n) is 4.04. The molecule has 0 radical (unpaired) electrons. The quantitative estimate of drug-likeness (QED) is 0.862. The van der Waals surface area contributed by atoms with Crippen molar-refractivity contribution in [2.75, 3.05) is 11.4 Å². The topological polar surface area (TPSA) is 69.6 Å². The number of hydrogen-bond acceptors (Lipinski definition) is 3. The summed E-state index contributed by atoms with van der Waals surface area (Å²) >= 11 is 0. The van der Waals surface area contributed by atoms with Crippen LogP contribution in [0.4, 0.5) is 5.69 Å². The van der Waals surface area contributed by atoms with E-state index in [0.717, 1.165) is 30.5 Å². The van der Waals surface area contributed by atoms with Gasteiger partial charge in [-0.3, -0.25) is 4.79 Å². The maximum absolute atomic E-state index is 12.8.